The number of benzene rings is 2. The molecule has 0 radical (unpaired) electrons. The second-order valence-corrected chi connectivity index (χ2v) is 7.58. The summed E-state index contributed by atoms with van der Waals surface area (Å²) in [5.41, 5.74) is 1.76. The maximum atomic E-state index is 12.8. The number of anilines is 1. The summed E-state index contributed by atoms with van der Waals surface area (Å²) in [6, 6.07) is 17.1. The molecule has 1 heterocycles. The number of carbonyl (C=O) groups is 2. The molecular formula is C24H30N2O4. The number of amides is 2. The maximum Gasteiger partial charge on any atom is 0.229 e. The summed E-state index contributed by atoms with van der Waals surface area (Å²) in [5, 5.41) is 3.00. The highest BCUT2D eigenvalue weighted by Crippen LogP contribution is 2.22. The van der Waals surface area contributed by atoms with Gasteiger partial charge in [0.25, 0.3) is 0 Å². The van der Waals surface area contributed by atoms with Crippen LogP contribution < -0.4 is 10.1 Å². The predicted octanol–water partition coefficient (Wildman–Crippen LogP) is 4.04. The van der Waals surface area contributed by atoms with Crippen LogP contribution in [0.5, 0.6) is 5.75 Å². The lowest BCUT2D eigenvalue weighted by Gasteiger charge is -2.32. The molecule has 2 aromatic carbocycles. The van der Waals surface area contributed by atoms with Gasteiger partial charge in [-0.25, -0.2) is 0 Å². The Morgan fingerprint density at radius 3 is 2.73 bits per heavy atom. The fourth-order valence-electron chi connectivity index (χ4n) is 3.60. The molecule has 2 aromatic rings. The molecule has 2 unspecified atom stereocenters. The van der Waals surface area contributed by atoms with Crippen LogP contribution in [0, 0.1) is 5.92 Å². The summed E-state index contributed by atoms with van der Waals surface area (Å²) in [6.45, 7) is 3.44. The molecule has 6 nitrogen and oxygen atoms in total. The van der Waals surface area contributed by atoms with Crippen molar-refractivity contribution in [2.75, 3.05) is 32.1 Å². The van der Waals surface area contributed by atoms with E-state index in [0.717, 1.165) is 29.8 Å². The van der Waals surface area contributed by atoms with E-state index in [0.29, 0.717) is 26.1 Å². The van der Waals surface area contributed by atoms with Crippen LogP contribution in [0.25, 0.3) is 0 Å². The fraction of sp³-hybridized carbons (Fsp3) is 0.417. The Balaban J connectivity index is 1.50. The van der Waals surface area contributed by atoms with E-state index in [9.17, 15) is 9.59 Å². The number of likely N-dealkylation sites (tertiary alicyclic amines) is 1. The van der Waals surface area contributed by atoms with Gasteiger partial charge in [-0.15, -0.1) is 0 Å². The number of ether oxygens (including phenoxy) is 2. The van der Waals surface area contributed by atoms with Crippen molar-refractivity contribution >= 4 is 17.5 Å². The molecule has 2 amide bonds. The van der Waals surface area contributed by atoms with Crippen LogP contribution in [0.3, 0.4) is 0 Å². The summed E-state index contributed by atoms with van der Waals surface area (Å²) >= 11 is 0. The molecule has 1 aliphatic heterocycles. The van der Waals surface area contributed by atoms with Crippen LogP contribution in [0.15, 0.2) is 54.6 Å². The minimum absolute atomic E-state index is 0.0272. The van der Waals surface area contributed by atoms with Crippen LogP contribution in [0.1, 0.15) is 37.9 Å². The zero-order valence-electron chi connectivity index (χ0n) is 17.7. The van der Waals surface area contributed by atoms with Gasteiger partial charge < -0.3 is 19.7 Å². The molecule has 160 valence electrons. The first-order valence-corrected chi connectivity index (χ1v) is 10.5. The lowest BCUT2D eigenvalue weighted by Crippen LogP contribution is -2.44. The average Bonchev–Trinajstić information content (AvgIpc) is 2.79. The van der Waals surface area contributed by atoms with Gasteiger partial charge in [-0.05, 0) is 49.6 Å². The molecule has 1 aliphatic rings. The first-order valence-electron chi connectivity index (χ1n) is 10.5. The van der Waals surface area contributed by atoms with Gasteiger partial charge in [-0.1, -0.05) is 30.3 Å². The van der Waals surface area contributed by atoms with Crippen molar-refractivity contribution < 1.29 is 19.1 Å². The number of hydrogen-bond donors (Lipinski definition) is 1. The van der Waals surface area contributed by atoms with Gasteiger partial charge in [0.2, 0.25) is 11.8 Å². The van der Waals surface area contributed by atoms with Crippen molar-refractivity contribution in [1.82, 2.24) is 4.90 Å². The Morgan fingerprint density at radius 1 is 1.17 bits per heavy atom. The van der Waals surface area contributed by atoms with E-state index < -0.39 is 0 Å². The van der Waals surface area contributed by atoms with Crippen LogP contribution >= 0.6 is 0 Å². The zero-order valence-corrected chi connectivity index (χ0v) is 17.7. The van der Waals surface area contributed by atoms with E-state index in [-0.39, 0.29) is 23.8 Å². The first kappa shape index (κ1) is 21.8. The third-order valence-electron chi connectivity index (χ3n) is 5.45. The van der Waals surface area contributed by atoms with Crippen LogP contribution in [0.4, 0.5) is 5.69 Å². The standard InChI is InChI=1S/C24H30N2O4/c1-18(29-2)19-8-6-10-21(16-19)25-24(28)20-9-7-14-26(17-20)23(27)13-15-30-22-11-4-3-5-12-22/h3-6,8,10-12,16,18,20H,7,9,13-15,17H2,1-2H3,(H,25,28). The van der Waals surface area contributed by atoms with E-state index in [1.807, 2.05) is 61.5 Å². The summed E-state index contributed by atoms with van der Waals surface area (Å²) in [4.78, 5) is 27.1. The number of rotatable bonds is 8. The number of piperidine rings is 1. The minimum Gasteiger partial charge on any atom is -0.493 e. The second-order valence-electron chi connectivity index (χ2n) is 7.58. The van der Waals surface area contributed by atoms with Gasteiger partial charge >= 0.3 is 0 Å². The van der Waals surface area contributed by atoms with Gasteiger partial charge in [0.15, 0.2) is 0 Å². The fourth-order valence-corrected chi connectivity index (χ4v) is 3.60. The number of nitrogens with zero attached hydrogens (tertiary/aromatic N) is 1. The SMILES string of the molecule is COC(C)c1cccc(NC(=O)C2CCCN(C(=O)CCOc3ccccc3)C2)c1. The number of hydrogen-bond acceptors (Lipinski definition) is 4. The second kappa shape index (κ2) is 10.8. The number of carbonyl (C=O) groups excluding carboxylic acids is 2. The third-order valence-corrected chi connectivity index (χ3v) is 5.45. The highest BCUT2D eigenvalue weighted by Gasteiger charge is 2.28. The molecule has 0 aliphatic carbocycles. The monoisotopic (exact) mass is 410 g/mol. The molecule has 1 saturated heterocycles. The molecule has 0 spiro atoms. The molecule has 1 N–H and O–H groups in total. The van der Waals surface area contributed by atoms with E-state index in [4.69, 9.17) is 9.47 Å². The molecule has 30 heavy (non-hydrogen) atoms. The topological polar surface area (TPSA) is 67.9 Å². The van der Waals surface area contributed by atoms with Gasteiger partial charge in [0.1, 0.15) is 5.75 Å². The molecule has 1 fully saturated rings. The van der Waals surface area contributed by atoms with E-state index >= 15 is 0 Å². The summed E-state index contributed by atoms with van der Waals surface area (Å²) in [7, 11) is 1.66. The van der Waals surface area contributed by atoms with Crippen LogP contribution in [-0.2, 0) is 14.3 Å². The lowest BCUT2D eigenvalue weighted by atomic mass is 9.96. The summed E-state index contributed by atoms with van der Waals surface area (Å²) < 4.78 is 11.0. The first-order chi connectivity index (χ1) is 14.6. The lowest BCUT2D eigenvalue weighted by molar-refractivity contribution is -0.135. The highest BCUT2D eigenvalue weighted by molar-refractivity contribution is 5.93. The smallest absolute Gasteiger partial charge is 0.229 e. The Hall–Kier alpha value is -2.86. The van der Waals surface area contributed by atoms with Gasteiger partial charge in [-0.2, -0.15) is 0 Å². The van der Waals surface area contributed by atoms with Crippen molar-refractivity contribution in [2.24, 2.45) is 5.92 Å². The van der Waals surface area contributed by atoms with Crippen LogP contribution in [0.2, 0.25) is 0 Å². The van der Waals surface area contributed by atoms with Crippen LogP contribution in [-0.4, -0.2) is 43.5 Å². The Labute approximate surface area is 178 Å². The van der Waals surface area contributed by atoms with Crippen molar-refractivity contribution in [3.05, 3.63) is 60.2 Å². The normalized spacial score (nSPS) is 17.3. The number of nitrogens with one attached hydrogen (secondary N) is 1. The Bertz CT molecular complexity index is 840. The Morgan fingerprint density at radius 2 is 1.97 bits per heavy atom. The molecular weight excluding hydrogens is 380 g/mol. The van der Waals surface area contributed by atoms with Crippen molar-refractivity contribution in [1.29, 1.82) is 0 Å². The Kier molecular flexibility index (Phi) is 7.85. The van der Waals surface area contributed by atoms with E-state index in [1.54, 1.807) is 12.0 Å². The molecule has 0 saturated carbocycles. The minimum atomic E-state index is -0.207. The summed E-state index contributed by atoms with van der Waals surface area (Å²) in [5.74, 6) is 0.530. The maximum absolute atomic E-state index is 12.8. The van der Waals surface area contributed by atoms with Gasteiger partial charge in [-0.3, -0.25) is 9.59 Å². The van der Waals surface area contributed by atoms with Gasteiger partial charge in [0.05, 0.1) is 25.0 Å². The molecule has 0 bridgehead atoms. The third kappa shape index (κ3) is 6.07. The largest absolute Gasteiger partial charge is 0.493 e. The van der Waals surface area contributed by atoms with Crippen molar-refractivity contribution in [2.45, 2.75) is 32.3 Å². The molecule has 6 heteroatoms. The molecule has 0 aromatic heterocycles. The quantitative estimate of drug-likeness (QED) is 0.713. The number of methoxy groups -OCH3 is 1. The average molecular weight is 411 g/mol. The summed E-state index contributed by atoms with van der Waals surface area (Å²) in [6.07, 6.45) is 1.87. The molecule has 3 rings (SSSR count). The van der Waals surface area contributed by atoms with Crippen molar-refractivity contribution in [3.63, 3.8) is 0 Å². The zero-order chi connectivity index (χ0) is 21.3. The van der Waals surface area contributed by atoms with E-state index in [2.05, 4.69) is 5.32 Å². The predicted molar refractivity (Wildman–Crippen MR) is 116 cm³/mol. The molecule has 2 atom stereocenters. The van der Waals surface area contributed by atoms with E-state index in [1.165, 1.54) is 0 Å². The van der Waals surface area contributed by atoms with Crippen molar-refractivity contribution in [3.8, 4) is 5.75 Å². The highest BCUT2D eigenvalue weighted by atomic mass is 16.5. The number of para-hydroxylation sites is 1. The van der Waals surface area contributed by atoms with Gasteiger partial charge in [0, 0.05) is 25.9 Å².